The van der Waals surface area contributed by atoms with Crippen LogP contribution in [0.5, 0.6) is 0 Å². The molecule has 0 atom stereocenters. The van der Waals surface area contributed by atoms with Crippen LogP contribution in [0.15, 0.2) is 42.6 Å². The smallest absolute Gasteiger partial charge is 0.338 e. The number of carbonyl (C=O) groups excluding carboxylic acids is 1. The van der Waals surface area contributed by atoms with Crippen LogP contribution in [-0.2, 0) is 0 Å². The van der Waals surface area contributed by atoms with E-state index in [0.717, 1.165) is 0 Å². The van der Waals surface area contributed by atoms with Crippen molar-refractivity contribution in [2.45, 2.75) is 6.92 Å². The van der Waals surface area contributed by atoms with Gasteiger partial charge in [-0.2, -0.15) is 0 Å². The molecule has 1 aromatic heterocycles. The standard InChI is InChI=1S/C14H12N2O3/c1-9-5-4-7-10(12(9)14(18)19)16-13(17)11-6-2-3-8-15-11/h2-8H,1H3,(H,16,17)(H,18,19). The van der Waals surface area contributed by atoms with Gasteiger partial charge in [-0.3, -0.25) is 9.78 Å². The summed E-state index contributed by atoms with van der Waals surface area (Å²) in [6.07, 6.45) is 1.50. The van der Waals surface area contributed by atoms with E-state index >= 15 is 0 Å². The molecule has 1 aromatic carbocycles. The summed E-state index contributed by atoms with van der Waals surface area (Å²) in [6, 6.07) is 9.88. The van der Waals surface area contributed by atoms with Crippen LogP contribution in [0, 0.1) is 6.92 Å². The Morgan fingerprint density at radius 2 is 1.95 bits per heavy atom. The van der Waals surface area contributed by atoms with E-state index < -0.39 is 11.9 Å². The van der Waals surface area contributed by atoms with E-state index in [-0.39, 0.29) is 16.9 Å². The average Bonchev–Trinajstić information content (AvgIpc) is 2.39. The molecule has 0 spiro atoms. The van der Waals surface area contributed by atoms with Crippen LogP contribution in [-0.4, -0.2) is 22.0 Å². The Kier molecular flexibility index (Phi) is 3.56. The van der Waals surface area contributed by atoms with E-state index in [2.05, 4.69) is 10.3 Å². The van der Waals surface area contributed by atoms with E-state index in [0.29, 0.717) is 5.56 Å². The topological polar surface area (TPSA) is 79.3 Å². The van der Waals surface area contributed by atoms with Crippen molar-refractivity contribution in [2.24, 2.45) is 0 Å². The summed E-state index contributed by atoms with van der Waals surface area (Å²) in [4.78, 5) is 27.0. The van der Waals surface area contributed by atoms with E-state index in [1.54, 1.807) is 43.3 Å². The molecule has 1 amide bonds. The highest BCUT2D eigenvalue weighted by molar-refractivity contribution is 6.07. The zero-order chi connectivity index (χ0) is 13.8. The van der Waals surface area contributed by atoms with Gasteiger partial charge >= 0.3 is 5.97 Å². The Balaban J connectivity index is 2.32. The number of aryl methyl sites for hydroxylation is 1. The number of nitrogens with one attached hydrogen (secondary N) is 1. The van der Waals surface area contributed by atoms with Crippen LogP contribution < -0.4 is 5.32 Å². The SMILES string of the molecule is Cc1cccc(NC(=O)c2ccccn2)c1C(=O)O. The number of hydrogen-bond donors (Lipinski definition) is 2. The van der Waals surface area contributed by atoms with Gasteiger partial charge in [-0.15, -0.1) is 0 Å². The van der Waals surface area contributed by atoms with E-state index in [4.69, 9.17) is 5.11 Å². The lowest BCUT2D eigenvalue weighted by molar-refractivity contribution is 0.0697. The number of amides is 1. The Hall–Kier alpha value is -2.69. The predicted molar refractivity (Wildman–Crippen MR) is 70.3 cm³/mol. The summed E-state index contributed by atoms with van der Waals surface area (Å²) in [6.45, 7) is 1.68. The van der Waals surface area contributed by atoms with Crippen LogP contribution in [0.2, 0.25) is 0 Å². The van der Waals surface area contributed by atoms with Gasteiger partial charge in [0.2, 0.25) is 0 Å². The number of carboxylic acid groups (broad SMARTS) is 1. The molecule has 0 aliphatic heterocycles. The average molecular weight is 256 g/mol. The third kappa shape index (κ3) is 2.77. The molecule has 0 saturated heterocycles. The van der Waals surface area contributed by atoms with Gasteiger partial charge in [-0.1, -0.05) is 18.2 Å². The molecule has 0 aliphatic rings. The number of carbonyl (C=O) groups is 2. The number of pyridine rings is 1. The molecule has 5 nitrogen and oxygen atoms in total. The van der Waals surface area contributed by atoms with E-state index in [1.807, 2.05) is 0 Å². The molecule has 0 radical (unpaired) electrons. The normalized spacial score (nSPS) is 9.95. The number of anilines is 1. The third-order valence-electron chi connectivity index (χ3n) is 2.63. The third-order valence-corrected chi connectivity index (χ3v) is 2.63. The van der Waals surface area contributed by atoms with Gasteiger partial charge in [-0.25, -0.2) is 4.79 Å². The van der Waals surface area contributed by atoms with Crippen molar-refractivity contribution in [3.8, 4) is 0 Å². The molecule has 0 fully saturated rings. The second-order valence-corrected chi connectivity index (χ2v) is 3.97. The van der Waals surface area contributed by atoms with Gasteiger partial charge in [0.05, 0.1) is 11.3 Å². The van der Waals surface area contributed by atoms with Crippen molar-refractivity contribution in [1.29, 1.82) is 0 Å². The number of benzene rings is 1. The van der Waals surface area contributed by atoms with Crippen molar-refractivity contribution in [3.63, 3.8) is 0 Å². The lowest BCUT2D eigenvalue weighted by atomic mass is 10.1. The first-order valence-corrected chi connectivity index (χ1v) is 5.65. The van der Waals surface area contributed by atoms with Crippen LogP contribution in [0.3, 0.4) is 0 Å². The van der Waals surface area contributed by atoms with Gasteiger partial charge in [-0.05, 0) is 30.7 Å². The minimum absolute atomic E-state index is 0.0896. The molecule has 0 bridgehead atoms. The first-order valence-electron chi connectivity index (χ1n) is 5.65. The first kappa shape index (κ1) is 12.8. The van der Waals surface area contributed by atoms with Gasteiger partial charge in [0, 0.05) is 6.20 Å². The highest BCUT2D eigenvalue weighted by Crippen LogP contribution is 2.20. The molecule has 0 unspecified atom stereocenters. The van der Waals surface area contributed by atoms with Crippen LogP contribution in [0.25, 0.3) is 0 Å². The zero-order valence-corrected chi connectivity index (χ0v) is 10.3. The van der Waals surface area contributed by atoms with Crippen molar-refractivity contribution in [2.75, 3.05) is 5.32 Å². The summed E-state index contributed by atoms with van der Waals surface area (Å²) in [5.74, 6) is -1.51. The summed E-state index contributed by atoms with van der Waals surface area (Å²) in [5.41, 5.74) is 1.18. The second kappa shape index (κ2) is 5.30. The molecule has 2 aromatic rings. The Morgan fingerprint density at radius 3 is 2.58 bits per heavy atom. The highest BCUT2D eigenvalue weighted by Gasteiger charge is 2.15. The van der Waals surface area contributed by atoms with Crippen molar-refractivity contribution in [1.82, 2.24) is 4.98 Å². The number of carboxylic acids is 1. The first-order chi connectivity index (χ1) is 9.09. The number of rotatable bonds is 3. The second-order valence-electron chi connectivity index (χ2n) is 3.97. The van der Waals surface area contributed by atoms with Crippen LogP contribution in [0.1, 0.15) is 26.4 Å². The maximum absolute atomic E-state index is 11.9. The molecule has 19 heavy (non-hydrogen) atoms. The van der Waals surface area contributed by atoms with Crippen LogP contribution >= 0.6 is 0 Å². The summed E-state index contributed by atoms with van der Waals surface area (Å²) < 4.78 is 0. The Bertz CT molecular complexity index is 624. The fourth-order valence-electron chi connectivity index (χ4n) is 1.74. The van der Waals surface area contributed by atoms with Crippen LogP contribution in [0.4, 0.5) is 5.69 Å². The maximum atomic E-state index is 11.9. The van der Waals surface area contributed by atoms with Gasteiger partial charge in [0.15, 0.2) is 0 Å². The number of aromatic carboxylic acids is 1. The molecule has 2 rings (SSSR count). The van der Waals surface area contributed by atoms with Crippen molar-refractivity contribution in [3.05, 3.63) is 59.4 Å². The molecular formula is C14H12N2O3. The molecule has 96 valence electrons. The lowest BCUT2D eigenvalue weighted by Crippen LogP contribution is -2.16. The monoisotopic (exact) mass is 256 g/mol. The summed E-state index contributed by atoms with van der Waals surface area (Å²) in [5, 5.41) is 11.7. The van der Waals surface area contributed by atoms with Gasteiger partial charge < -0.3 is 10.4 Å². The van der Waals surface area contributed by atoms with Crippen molar-refractivity contribution < 1.29 is 14.7 Å². The predicted octanol–water partition coefficient (Wildman–Crippen LogP) is 2.34. The Morgan fingerprint density at radius 1 is 1.16 bits per heavy atom. The molecule has 1 heterocycles. The molecule has 5 heteroatoms. The largest absolute Gasteiger partial charge is 0.478 e. The molecule has 0 saturated carbocycles. The number of nitrogens with zero attached hydrogens (tertiary/aromatic N) is 1. The minimum Gasteiger partial charge on any atom is -0.478 e. The van der Waals surface area contributed by atoms with E-state index in [1.165, 1.54) is 6.20 Å². The fourth-order valence-corrected chi connectivity index (χ4v) is 1.74. The summed E-state index contributed by atoms with van der Waals surface area (Å²) >= 11 is 0. The Labute approximate surface area is 109 Å². The highest BCUT2D eigenvalue weighted by atomic mass is 16.4. The number of aromatic nitrogens is 1. The molecular weight excluding hydrogens is 244 g/mol. The minimum atomic E-state index is -1.07. The van der Waals surface area contributed by atoms with E-state index in [9.17, 15) is 9.59 Å². The van der Waals surface area contributed by atoms with Gasteiger partial charge in [0.1, 0.15) is 5.69 Å². The molecule has 2 N–H and O–H groups in total. The fraction of sp³-hybridized carbons (Fsp3) is 0.0714. The lowest BCUT2D eigenvalue weighted by Gasteiger charge is -2.10. The zero-order valence-electron chi connectivity index (χ0n) is 10.3. The number of hydrogen-bond acceptors (Lipinski definition) is 3. The van der Waals surface area contributed by atoms with Gasteiger partial charge in [0.25, 0.3) is 5.91 Å². The summed E-state index contributed by atoms with van der Waals surface area (Å²) in [7, 11) is 0. The van der Waals surface area contributed by atoms with Crippen molar-refractivity contribution >= 4 is 17.6 Å². The maximum Gasteiger partial charge on any atom is 0.338 e. The quantitative estimate of drug-likeness (QED) is 0.883. The molecule has 0 aliphatic carbocycles.